The van der Waals surface area contributed by atoms with Gasteiger partial charge in [-0.05, 0) is 37.1 Å². The highest BCUT2D eigenvalue weighted by molar-refractivity contribution is 7.89. The van der Waals surface area contributed by atoms with Crippen LogP contribution >= 0.6 is 0 Å². The summed E-state index contributed by atoms with van der Waals surface area (Å²) in [6.45, 7) is 4.14. The number of sulfonamides is 1. The molecule has 0 atom stereocenters. The molecule has 0 saturated carbocycles. The van der Waals surface area contributed by atoms with E-state index in [9.17, 15) is 8.42 Å². The summed E-state index contributed by atoms with van der Waals surface area (Å²) in [5.41, 5.74) is 2.11. The Labute approximate surface area is 114 Å². The van der Waals surface area contributed by atoms with E-state index in [1.165, 1.54) is 4.31 Å². The molecule has 1 N–H and O–H groups in total. The van der Waals surface area contributed by atoms with Gasteiger partial charge in [0.15, 0.2) is 0 Å². The van der Waals surface area contributed by atoms with Crippen molar-refractivity contribution in [2.24, 2.45) is 0 Å². The van der Waals surface area contributed by atoms with Gasteiger partial charge in [-0.15, -0.1) is 0 Å². The first-order valence-corrected chi connectivity index (χ1v) is 7.90. The Hall–Kier alpha value is -1.11. The number of ether oxygens (including phenoxy) is 1. The van der Waals surface area contributed by atoms with Gasteiger partial charge in [0.05, 0.1) is 11.5 Å². The van der Waals surface area contributed by atoms with Crippen LogP contribution in [0.4, 0.5) is 5.69 Å². The zero-order valence-electron chi connectivity index (χ0n) is 11.3. The lowest BCUT2D eigenvalue weighted by molar-refractivity contribution is 0.138. The van der Waals surface area contributed by atoms with Gasteiger partial charge in [0.2, 0.25) is 10.0 Å². The highest BCUT2D eigenvalue weighted by Crippen LogP contribution is 2.26. The van der Waals surface area contributed by atoms with Crippen LogP contribution in [0, 0.1) is 0 Å². The predicted molar refractivity (Wildman–Crippen MR) is 74.9 cm³/mol. The lowest BCUT2D eigenvalue weighted by Gasteiger charge is -2.17. The highest BCUT2D eigenvalue weighted by atomic mass is 32.2. The summed E-state index contributed by atoms with van der Waals surface area (Å²) in [6, 6.07) is 5.26. The first kappa shape index (κ1) is 14.3. The second kappa shape index (κ2) is 5.90. The van der Waals surface area contributed by atoms with Crippen molar-refractivity contribution in [1.29, 1.82) is 0 Å². The normalized spacial score (nSPS) is 14.5. The fraction of sp³-hybridized carbons (Fsp3) is 0.538. The molecule has 1 aliphatic rings. The van der Waals surface area contributed by atoms with Crippen LogP contribution in [0.2, 0.25) is 0 Å². The summed E-state index contributed by atoms with van der Waals surface area (Å²) in [6.07, 6.45) is 0.876. The summed E-state index contributed by atoms with van der Waals surface area (Å²) < 4.78 is 31.3. The van der Waals surface area contributed by atoms with Crippen molar-refractivity contribution < 1.29 is 13.2 Å². The van der Waals surface area contributed by atoms with E-state index in [1.807, 2.05) is 13.0 Å². The number of anilines is 1. The molecule has 0 amide bonds. The van der Waals surface area contributed by atoms with E-state index in [0.29, 0.717) is 24.7 Å². The van der Waals surface area contributed by atoms with E-state index in [4.69, 9.17) is 4.74 Å². The van der Waals surface area contributed by atoms with Crippen LogP contribution in [-0.2, 0) is 21.2 Å². The maximum Gasteiger partial charge on any atom is 0.242 e. The number of hydrogen-bond acceptors (Lipinski definition) is 4. The van der Waals surface area contributed by atoms with Crippen molar-refractivity contribution in [3.8, 4) is 0 Å². The molecule has 0 fully saturated rings. The Morgan fingerprint density at radius 2 is 2.21 bits per heavy atom. The van der Waals surface area contributed by atoms with Gasteiger partial charge in [-0.2, -0.15) is 4.31 Å². The number of benzene rings is 1. The minimum atomic E-state index is -3.42. The van der Waals surface area contributed by atoms with Gasteiger partial charge in [-0.3, -0.25) is 0 Å². The van der Waals surface area contributed by atoms with Gasteiger partial charge >= 0.3 is 0 Å². The number of likely N-dealkylation sites (N-methyl/N-ethyl adjacent to an activating group) is 1. The molecule has 1 aromatic carbocycles. The number of nitrogens with one attached hydrogen (secondary N) is 1. The van der Waals surface area contributed by atoms with Crippen LogP contribution in [0.3, 0.4) is 0 Å². The Bertz CT molecular complexity index is 543. The molecule has 0 spiro atoms. The molecule has 0 aliphatic carbocycles. The molecule has 0 radical (unpaired) electrons. The van der Waals surface area contributed by atoms with Crippen LogP contribution in [0.15, 0.2) is 23.1 Å². The van der Waals surface area contributed by atoms with Gasteiger partial charge < -0.3 is 10.1 Å². The fourth-order valence-corrected chi connectivity index (χ4v) is 3.29. The molecule has 19 heavy (non-hydrogen) atoms. The minimum absolute atomic E-state index is 0.356. The van der Waals surface area contributed by atoms with E-state index < -0.39 is 10.0 Å². The molecule has 1 aromatic rings. The average molecular weight is 284 g/mol. The first-order chi connectivity index (χ1) is 9.05. The third-order valence-electron chi connectivity index (χ3n) is 3.25. The summed E-state index contributed by atoms with van der Waals surface area (Å²) in [5.74, 6) is 0. The molecule has 5 nitrogen and oxygen atoms in total. The van der Waals surface area contributed by atoms with Gasteiger partial charge in [-0.1, -0.05) is 0 Å². The van der Waals surface area contributed by atoms with Crippen molar-refractivity contribution in [2.45, 2.75) is 18.2 Å². The van der Waals surface area contributed by atoms with Crippen LogP contribution in [0.5, 0.6) is 0 Å². The van der Waals surface area contributed by atoms with Crippen molar-refractivity contribution in [1.82, 2.24) is 4.31 Å². The van der Waals surface area contributed by atoms with Gasteiger partial charge in [0.1, 0.15) is 0 Å². The van der Waals surface area contributed by atoms with Crippen LogP contribution in [-0.4, -0.2) is 46.1 Å². The smallest absolute Gasteiger partial charge is 0.242 e. The zero-order valence-corrected chi connectivity index (χ0v) is 12.2. The first-order valence-electron chi connectivity index (χ1n) is 6.46. The summed E-state index contributed by atoms with van der Waals surface area (Å²) in [4.78, 5) is 0.356. The van der Waals surface area contributed by atoms with E-state index in [1.54, 1.807) is 19.2 Å². The van der Waals surface area contributed by atoms with Crippen LogP contribution in [0.1, 0.15) is 12.5 Å². The van der Waals surface area contributed by atoms with E-state index >= 15 is 0 Å². The van der Waals surface area contributed by atoms with E-state index in [0.717, 1.165) is 24.2 Å². The molecular formula is C13H20N2O3S. The standard InChI is InChI=1S/C13H20N2O3S/c1-3-18-9-8-15(2)19(16,17)12-4-5-13-11(10-12)6-7-14-13/h4-5,10,14H,3,6-9H2,1-2H3. The molecule has 1 heterocycles. The Kier molecular flexibility index (Phi) is 4.44. The molecule has 0 unspecified atom stereocenters. The van der Waals surface area contributed by atoms with E-state index in [-0.39, 0.29) is 0 Å². The van der Waals surface area contributed by atoms with Gasteiger partial charge in [-0.25, -0.2) is 8.42 Å². The largest absolute Gasteiger partial charge is 0.384 e. The fourth-order valence-electron chi connectivity index (χ4n) is 2.08. The number of rotatable bonds is 6. The number of fused-ring (bicyclic) bond motifs is 1. The minimum Gasteiger partial charge on any atom is -0.384 e. The SMILES string of the molecule is CCOCCN(C)S(=O)(=O)c1ccc2c(c1)CCN2. The average Bonchev–Trinajstić information content (AvgIpc) is 2.85. The maximum atomic E-state index is 12.4. The molecule has 0 aromatic heterocycles. The molecule has 6 heteroatoms. The Balaban J connectivity index is 2.15. The third kappa shape index (κ3) is 3.08. The number of hydrogen-bond donors (Lipinski definition) is 1. The molecular weight excluding hydrogens is 264 g/mol. The molecule has 0 saturated heterocycles. The predicted octanol–water partition coefficient (Wildman–Crippen LogP) is 1.31. The Morgan fingerprint density at radius 3 is 2.95 bits per heavy atom. The van der Waals surface area contributed by atoms with Crippen LogP contribution in [0.25, 0.3) is 0 Å². The van der Waals surface area contributed by atoms with Gasteiger partial charge in [0, 0.05) is 32.4 Å². The molecule has 1 aliphatic heterocycles. The topological polar surface area (TPSA) is 58.6 Å². The number of nitrogens with zero attached hydrogens (tertiary/aromatic N) is 1. The molecule has 2 rings (SSSR count). The third-order valence-corrected chi connectivity index (χ3v) is 5.10. The highest BCUT2D eigenvalue weighted by Gasteiger charge is 2.22. The second-order valence-corrected chi connectivity index (χ2v) is 6.56. The van der Waals surface area contributed by atoms with Crippen molar-refractivity contribution in [3.05, 3.63) is 23.8 Å². The van der Waals surface area contributed by atoms with Gasteiger partial charge in [0.25, 0.3) is 0 Å². The lowest BCUT2D eigenvalue weighted by Crippen LogP contribution is -2.30. The van der Waals surface area contributed by atoms with Crippen LogP contribution < -0.4 is 5.32 Å². The summed E-state index contributed by atoms with van der Waals surface area (Å²) in [7, 11) is -1.83. The summed E-state index contributed by atoms with van der Waals surface area (Å²) in [5, 5.41) is 3.22. The molecule has 0 bridgehead atoms. The monoisotopic (exact) mass is 284 g/mol. The van der Waals surface area contributed by atoms with E-state index in [2.05, 4.69) is 5.32 Å². The zero-order chi connectivity index (χ0) is 13.9. The molecule has 106 valence electrons. The summed E-state index contributed by atoms with van der Waals surface area (Å²) >= 11 is 0. The van der Waals surface area contributed by atoms with Crippen molar-refractivity contribution in [3.63, 3.8) is 0 Å². The lowest BCUT2D eigenvalue weighted by atomic mass is 10.2. The second-order valence-electron chi connectivity index (χ2n) is 4.52. The van der Waals surface area contributed by atoms with Crippen molar-refractivity contribution in [2.75, 3.05) is 38.7 Å². The maximum absolute atomic E-state index is 12.4. The Morgan fingerprint density at radius 1 is 1.42 bits per heavy atom. The quantitative estimate of drug-likeness (QED) is 0.800. The van der Waals surface area contributed by atoms with Crippen molar-refractivity contribution >= 4 is 15.7 Å².